The van der Waals surface area contributed by atoms with E-state index in [1.807, 2.05) is 16.8 Å². The van der Waals surface area contributed by atoms with Gasteiger partial charge < -0.3 is 4.98 Å². The van der Waals surface area contributed by atoms with Crippen LogP contribution >= 0.6 is 0 Å². The van der Waals surface area contributed by atoms with Crippen molar-refractivity contribution >= 4 is 11.4 Å². The van der Waals surface area contributed by atoms with Crippen LogP contribution in [0, 0.1) is 5.82 Å². The minimum absolute atomic E-state index is 0.212. The minimum Gasteiger partial charge on any atom is -0.323 e. The summed E-state index contributed by atoms with van der Waals surface area (Å²) in [5.74, 6) is 0.214. The lowest BCUT2D eigenvalue weighted by molar-refractivity contribution is 0.297. The first-order chi connectivity index (χ1) is 13.1. The van der Waals surface area contributed by atoms with E-state index in [2.05, 4.69) is 27.9 Å². The van der Waals surface area contributed by atoms with Crippen LogP contribution in [0.25, 0.3) is 22.6 Å². The Labute approximate surface area is 157 Å². The van der Waals surface area contributed by atoms with Crippen LogP contribution in [0.2, 0.25) is 0 Å². The second kappa shape index (κ2) is 7.48. The SMILES string of the molecule is CCCCN1CC=C(c2cn3cc(-c4ccc(F)cc4)[nH]c3nc2=O)CC1. The van der Waals surface area contributed by atoms with Crippen molar-refractivity contribution in [2.24, 2.45) is 0 Å². The van der Waals surface area contributed by atoms with Gasteiger partial charge >= 0.3 is 0 Å². The van der Waals surface area contributed by atoms with Crippen LogP contribution in [0.15, 0.2) is 47.5 Å². The standard InChI is InChI=1S/C21H23FN4O/c1-2-3-10-25-11-8-15(9-12-25)18-13-26-14-19(23-21(26)24-20(18)27)16-4-6-17(22)7-5-16/h4-8,13-14H,2-3,9-12H2,1H3,(H,23,24,27). The summed E-state index contributed by atoms with van der Waals surface area (Å²) >= 11 is 0. The van der Waals surface area contributed by atoms with Crippen LogP contribution in [0.4, 0.5) is 4.39 Å². The number of aromatic amines is 1. The molecule has 0 saturated carbocycles. The Bertz CT molecular complexity index is 1030. The Morgan fingerprint density at radius 3 is 2.74 bits per heavy atom. The highest BCUT2D eigenvalue weighted by molar-refractivity contribution is 5.67. The van der Waals surface area contributed by atoms with Crippen LogP contribution in [-0.4, -0.2) is 38.9 Å². The normalized spacial score (nSPS) is 15.3. The first-order valence-corrected chi connectivity index (χ1v) is 9.44. The van der Waals surface area contributed by atoms with Gasteiger partial charge in [0, 0.05) is 25.5 Å². The maximum absolute atomic E-state index is 13.1. The predicted molar refractivity (Wildman–Crippen MR) is 105 cm³/mol. The molecule has 140 valence electrons. The van der Waals surface area contributed by atoms with Gasteiger partial charge in [0.2, 0.25) is 5.78 Å². The Hall–Kier alpha value is -2.73. The molecular weight excluding hydrogens is 343 g/mol. The highest BCUT2D eigenvalue weighted by atomic mass is 19.1. The molecule has 2 aromatic heterocycles. The summed E-state index contributed by atoms with van der Waals surface area (Å²) in [5, 5.41) is 0. The number of aromatic nitrogens is 3. The van der Waals surface area contributed by atoms with Gasteiger partial charge in [-0.3, -0.25) is 14.1 Å². The predicted octanol–water partition coefficient (Wildman–Crippen LogP) is 3.72. The number of nitrogens with one attached hydrogen (secondary N) is 1. The second-order valence-corrected chi connectivity index (χ2v) is 7.00. The molecule has 0 atom stereocenters. The monoisotopic (exact) mass is 366 g/mol. The van der Waals surface area contributed by atoms with Crippen LogP contribution in [0.5, 0.6) is 0 Å². The number of hydrogen-bond acceptors (Lipinski definition) is 3. The molecule has 1 N–H and O–H groups in total. The zero-order valence-corrected chi connectivity index (χ0v) is 15.4. The maximum atomic E-state index is 13.1. The summed E-state index contributed by atoms with van der Waals surface area (Å²) in [6.45, 7) is 5.16. The molecule has 27 heavy (non-hydrogen) atoms. The van der Waals surface area contributed by atoms with E-state index >= 15 is 0 Å². The van der Waals surface area contributed by atoms with Crippen molar-refractivity contribution in [3.05, 3.63) is 64.5 Å². The molecule has 0 aliphatic carbocycles. The third kappa shape index (κ3) is 3.71. The van der Waals surface area contributed by atoms with Crippen molar-refractivity contribution in [2.45, 2.75) is 26.2 Å². The molecule has 1 aliphatic rings. The van der Waals surface area contributed by atoms with Crippen molar-refractivity contribution in [2.75, 3.05) is 19.6 Å². The molecule has 3 aromatic rings. The van der Waals surface area contributed by atoms with Gasteiger partial charge in [-0.05, 0) is 54.8 Å². The van der Waals surface area contributed by atoms with Gasteiger partial charge in [0.1, 0.15) is 5.82 Å². The number of halogens is 1. The maximum Gasteiger partial charge on any atom is 0.281 e. The van der Waals surface area contributed by atoms with E-state index in [-0.39, 0.29) is 11.4 Å². The van der Waals surface area contributed by atoms with E-state index in [0.29, 0.717) is 11.3 Å². The average Bonchev–Trinajstić information content (AvgIpc) is 3.09. The molecule has 6 heteroatoms. The summed E-state index contributed by atoms with van der Waals surface area (Å²) in [7, 11) is 0. The number of hydrogen-bond donors (Lipinski definition) is 1. The minimum atomic E-state index is -0.276. The smallest absolute Gasteiger partial charge is 0.281 e. The summed E-state index contributed by atoms with van der Waals surface area (Å²) in [5.41, 5.74) is 3.16. The molecule has 1 aliphatic heterocycles. The summed E-state index contributed by atoms with van der Waals surface area (Å²) in [6, 6.07) is 6.24. The van der Waals surface area contributed by atoms with Crippen molar-refractivity contribution in [1.82, 2.24) is 19.3 Å². The largest absolute Gasteiger partial charge is 0.323 e. The van der Waals surface area contributed by atoms with Gasteiger partial charge in [-0.1, -0.05) is 19.4 Å². The molecular formula is C21H23FN4O. The fraction of sp³-hybridized carbons (Fsp3) is 0.333. The highest BCUT2D eigenvalue weighted by Gasteiger charge is 2.16. The molecule has 0 amide bonds. The molecule has 0 radical (unpaired) electrons. The highest BCUT2D eigenvalue weighted by Crippen LogP contribution is 2.22. The molecule has 0 saturated heterocycles. The number of rotatable bonds is 5. The molecule has 0 spiro atoms. The van der Waals surface area contributed by atoms with Gasteiger partial charge in [0.05, 0.1) is 11.3 Å². The lowest BCUT2D eigenvalue weighted by atomic mass is 10.0. The zero-order valence-electron chi connectivity index (χ0n) is 15.4. The lowest BCUT2D eigenvalue weighted by Gasteiger charge is -2.25. The number of unbranched alkanes of at least 4 members (excludes halogenated alkanes) is 1. The summed E-state index contributed by atoms with van der Waals surface area (Å²) in [4.78, 5) is 22.3. The Kier molecular flexibility index (Phi) is 4.90. The van der Waals surface area contributed by atoms with E-state index in [0.717, 1.165) is 42.9 Å². The number of benzene rings is 1. The van der Waals surface area contributed by atoms with E-state index < -0.39 is 0 Å². The lowest BCUT2D eigenvalue weighted by Crippen LogP contribution is -2.30. The van der Waals surface area contributed by atoms with Gasteiger partial charge in [0.25, 0.3) is 5.56 Å². The van der Waals surface area contributed by atoms with Crippen molar-refractivity contribution < 1.29 is 4.39 Å². The van der Waals surface area contributed by atoms with Gasteiger partial charge in [-0.15, -0.1) is 0 Å². The summed E-state index contributed by atoms with van der Waals surface area (Å²) in [6.07, 6.45) is 9.14. The van der Waals surface area contributed by atoms with Gasteiger partial charge in [-0.25, -0.2) is 4.39 Å². The number of nitrogens with zero attached hydrogens (tertiary/aromatic N) is 3. The zero-order chi connectivity index (χ0) is 18.8. The Morgan fingerprint density at radius 1 is 1.22 bits per heavy atom. The number of H-pyrrole nitrogens is 1. The van der Waals surface area contributed by atoms with Gasteiger partial charge in [0.15, 0.2) is 0 Å². The molecule has 4 rings (SSSR count). The summed E-state index contributed by atoms with van der Waals surface area (Å²) < 4.78 is 15.0. The number of imidazole rings is 1. The van der Waals surface area contributed by atoms with Crippen molar-refractivity contribution in [3.63, 3.8) is 0 Å². The second-order valence-electron chi connectivity index (χ2n) is 7.00. The quantitative estimate of drug-likeness (QED) is 0.749. The van der Waals surface area contributed by atoms with Crippen LogP contribution in [0.1, 0.15) is 31.7 Å². The molecule has 3 heterocycles. The molecule has 5 nitrogen and oxygen atoms in total. The van der Waals surface area contributed by atoms with E-state index in [1.54, 1.807) is 12.1 Å². The Morgan fingerprint density at radius 2 is 2.04 bits per heavy atom. The number of fused-ring (bicyclic) bond motifs is 1. The average molecular weight is 366 g/mol. The third-order valence-corrected chi connectivity index (χ3v) is 5.09. The fourth-order valence-corrected chi connectivity index (χ4v) is 3.49. The molecule has 0 unspecified atom stereocenters. The van der Waals surface area contributed by atoms with Crippen molar-refractivity contribution in [3.8, 4) is 11.3 Å². The van der Waals surface area contributed by atoms with Gasteiger partial charge in [-0.2, -0.15) is 4.98 Å². The van der Waals surface area contributed by atoms with Crippen molar-refractivity contribution in [1.29, 1.82) is 0 Å². The fourth-order valence-electron chi connectivity index (χ4n) is 3.49. The Balaban J connectivity index is 1.63. The molecule has 1 aromatic carbocycles. The van der Waals surface area contributed by atoms with Crippen LogP contribution < -0.4 is 5.56 Å². The topological polar surface area (TPSA) is 53.4 Å². The molecule has 0 fully saturated rings. The third-order valence-electron chi connectivity index (χ3n) is 5.09. The molecule has 0 bridgehead atoms. The van der Waals surface area contributed by atoms with E-state index in [9.17, 15) is 9.18 Å². The van der Waals surface area contributed by atoms with E-state index in [4.69, 9.17) is 0 Å². The first kappa shape index (κ1) is 17.7. The van der Waals surface area contributed by atoms with Crippen LogP contribution in [-0.2, 0) is 0 Å². The first-order valence-electron chi connectivity index (χ1n) is 9.44. The van der Waals surface area contributed by atoms with E-state index in [1.165, 1.54) is 25.0 Å². The van der Waals surface area contributed by atoms with Crippen LogP contribution in [0.3, 0.4) is 0 Å².